The fourth-order valence-electron chi connectivity index (χ4n) is 3.21. The summed E-state index contributed by atoms with van der Waals surface area (Å²) in [6.45, 7) is 0.549. The molecule has 0 atom stereocenters. The molecule has 1 aliphatic heterocycles. The van der Waals surface area contributed by atoms with Gasteiger partial charge in [-0.25, -0.2) is 4.98 Å². The van der Waals surface area contributed by atoms with Gasteiger partial charge in [0.05, 0.1) is 4.92 Å². The average Bonchev–Trinajstić information content (AvgIpc) is 2.68. The Morgan fingerprint density at radius 2 is 1.93 bits per heavy atom. The predicted octanol–water partition coefficient (Wildman–Crippen LogP) is 2.73. The van der Waals surface area contributed by atoms with Crippen LogP contribution in [-0.4, -0.2) is 27.3 Å². The quantitative estimate of drug-likeness (QED) is 0.533. The third kappa shape index (κ3) is 2.92. The fourth-order valence-corrected chi connectivity index (χ4v) is 3.21. The van der Waals surface area contributed by atoms with E-state index in [9.17, 15) is 19.3 Å². The van der Waals surface area contributed by atoms with E-state index in [0.29, 0.717) is 29.7 Å². The van der Waals surface area contributed by atoms with E-state index < -0.39 is 16.4 Å². The number of anilines is 1. The molecule has 28 heavy (non-hydrogen) atoms. The number of nitro groups is 1. The van der Waals surface area contributed by atoms with Gasteiger partial charge >= 0.3 is 5.69 Å². The van der Waals surface area contributed by atoms with Crippen molar-refractivity contribution in [3.8, 4) is 22.3 Å². The molecule has 0 bridgehead atoms. The van der Waals surface area contributed by atoms with E-state index in [-0.39, 0.29) is 17.3 Å². The molecular formula is C19H14FN5O3. The smallest absolute Gasteiger partial charge is 0.323 e. The highest BCUT2D eigenvalue weighted by atomic mass is 19.1. The van der Waals surface area contributed by atoms with Crippen molar-refractivity contribution in [1.29, 1.82) is 0 Å². The SMILES string of the molecule is Nc1ncc(-c2cncc([N+](=O)[O-])c2F)cc1-c1ccc2c(c1)CCNC2=O. The number of halogens is 1. The van der Waals surface area contributed by atoms with E-state index in [4.69, 9.17) is 5.73 Å². The number of aromatic nitrogens is 2. The summed E-state index contributed by atoms with van der Waals surface area (Å²) in [6.07, 6.45) is 4.09. The molecule has 0 unspecified atom stereocenters. The van der Waals surface area contributed by atoms with E-state index in [1.54, 1.807) is 18.2 Å². The van der Waals surface area contributed by atoms with Crippen LogP contribution in [0.4, 0.5) is 15.9 Å². The van der Waals surface area contributed by atoms with Crippen LogP contribution >= 0.6 is 0 Å². The van der Waals surface area contributed by atoms with Gasteiger partial charge in [-0.1, -0.05) is 12.1 Å². The van der Waals surface area contributed by atoms with Gasteiger partial charge < -0.3 is 11.1 Å². The van der Waals surface area contributed by atoms with Crippen molar-refractivity contribution < 1.29 is 14.1 Å². The average molecular weight is 379 g/mol. The monoisotopic (exact) mass is 379 g/mol. The summed E-state index contributed by atoms with van der Waals surface area (Å²) >= 11 is 0. The maximum atomic E-state index is 14.5. The summed E-state index contributed by atoms with van der Waals surface area (Å²) in [7, 11) is 0. The normalized spacial score (nSPS) is 13.0. The van der Waals surface area contributed by atoms with E-state index in [0.717, 1.165) is 17.3 Å². The zero-order chi connectivity index (χ0) is 19.8. The highest BCUT2D eigenvalue weighted by Crippen LogP contribution is 2.33. The predicted molar refractivity (Wildman–Crippen MR) is 100.0 cm³/mol. The van der Waals surface area contributed by atoms with Crippen molar-refractivity contribution in [3.05, 3.63) is 69.9 Å². The molecular weight excluding hydrogens is 365 g/mol. The molecule has 3 heterocycles. The molecule has 8 nitrogen and oxygen atoms in total. The molecule has 9 heteroatoms. The largest absolute Gasteiger partial charge is 0.383 e. The van der Waals surface area contributed by atoms with Gasteiger partial charge in [0.25, 0.3) is 5.91 Å². The van der Waals surface area contributed by atoms with Crippen LogP contribution in [0.15, 0.2) is 42.9 Å². The first-order valence-corrected chi connectivity index (χ1v) is 8.41. The van der Waals surface area contributed by atoms with Gasteiger partial charge in [0.15, 0.2) is 0 Å². The number of carbonyl (C=O) groups excluding carboxylic acids is 1. The molecule has 1 amide bonds. The number of hydrogen-bond acceptors (Lipinski definition) is 6. The Hall–Kier alpha value is -3.88. The van der Waals surface area contributed by atoms with E-state index >= 15 is 0 Å². The fraction of sp³-hybridized carbons (Fsp3) is 0.105. The summed E-state index contributed by atoms with van der Waals surface area (Å²) < 4.78 is 14.5. The van der Waals surface area contributed by atoms with Crippen LogP contribution in [-0.2, 0) is 6.42 Å². The Bertz CT molecular complexity index is 1130. The third-order valence-corrected chi connectivity index (χ3v) is 4.63. The molecule has 2 aromatic heterocycles. The lowest BCUT2D eigenvalue weighted by molar-refractivity contribution is -0.387. The maximum absolute atomic E-state index is 14.5. The van der Waals surface area contributed by atoms with Crippen molar-refractivity contribution >= 4 is 17.4 Å². The lowest BCUT2D eigenvalue weighted by atomic mass is 9.94. The van der Waals surface area contributed by atoms with E-state index in [2.05, 4.69) is 15.3 Å². The molecule has 0 saturated heterocycles. The molecule has 0 fully saturated rings. The Balaban J connectivity index is 1.82. The van der Waals surface area contributed by atoms with E-state index in [1.807, 2.05) is 6.07 Å². The van der Waals surface area contributed by atoms with Crippen molar-refractivity contribution in [2.24, 2.45) is 0 Å². The Morgan fingerprint density at radius 1 is 1.11 bits per heavy atom. The van der Waals surface area contributed by atoms with Crippen molar-refractivity contribution in [1.82, 2.24) is 15.3 Å². The van der Waals surface area contributed by atoms with Crippen LogP contribution in [0.2, 0.25) is 0 Å². The molecule has 140 valence electrons. The summed E-state index contributed by atoms with van der Waals surface area (Å²) in [5.74, 6) is -0.889. The first-order valence-electron chi connectivity index (χ1n) is 8.41. The molecule has 1 aromatic carbocycles. The lowest BCUT2D eigenvalue weighted by Gasteiger charge is -2.18. The second kappa shape index (κ2) is 6.69. The number of rotatable bonds is 3. The molecule has 3 N–H and O–H groups in total. The van der Waals surface area contributed by atoms with Gasteiger partial charge in [0.1, 0.15) is 12.0 Å². The molecule has 4 rings (SSSR count). The second-order valence-corrected chi connectivity index (χ2v) is 6.31. The Labute approximate surface area is 158 Å². The van der Waals surface area contributed by atoms with E-state index in [1.165, 1.54) is 12.4 Å². The van der Waals surface area contributed by atoms with Crippen molar-refractivity contribution in [2.75, 3.05) is 12.3 Å². The number of nitrogens with two attached hydrogens (primary N) is 1. The minimum Gasteiger partial charge on any atom is -0.383 e. The van der Waals surface area contributed by atoms with Gasteiger partial charge in [-0.15, -0.1) is 0 Å². The second-order valence-electron chi connectivity index (χ2n) is 6.31. The number of carbonyl (C=O) groups is 1. The van der Waals surface area contributed by atoms with Crippen LogP contribution in [0.3, 0.4) is 0 Å². The minimum atomic E-state index is -0.986. The van der Waals surface area contributed by atoms with Gasteiger partial charge in [-0.05, 0) is 29.7 Å². The summed E-state index contributed by atoms with van der Waals surface area (Å²) in [5.41, 5.74) is 8.32. The first kappa shape index (κ1) is 17.5. The number of amides is 1. The molecule has 0 spiro atoms. The molecule has 0 radical (unpaired) electrons. The van der Waals surface area contributed by atoms with Gasteiger partial charge in [-0.2, -0.15) is 4.39 Å². The van der Waals surface area contributed by atoms with Gasteiger partial charge in [0.2, 0.25) is 5.82 Å². The number of fused-ring (bicyclic) bond motifs is 1. The van der Waals surface area contributed by atoms with Crippen molar-refractivity contribution in [3.63, 3.8) is 0 Å². The number of benzene rings is 1. The number of nitrogens with zero attached hydrogens (tertiary/aromatic N) is 3. The molecule has 1 aliphatic rings. The zero-order valence-corrected chi connectivity index (χ0v) is 14.5. The van der Waals surface area contributed by atoms with Crippen LogP contribution in [0.25, 0.3) is 22.3 Å². The number of nitrogen functional groups attached to an aromatic ring is 1. The molecule has 0 aliphatic carbocycles. The first-order chi connectivity index (χ1) is 13.5. The Kier molecular flexibility index (Phi) is 4.19. The number of pyridine rings is 2. The molecule has 3 aromatic rings. The van der Waals surface area contributed by atoms with Crippen LogP contribution in [0, 0.1) is 15.9 Å². The van der Waals surface area contributed by atoms with Gasteiger partial charge in [0, 0.05) is 41.2 Å². The summed E-state index contributed by atoms with van der Waals surface area (Å²) in [6, 6.07) is 6.91. The highest BCUT2D eigenvalue weighted by Gasteiger charge is 2.21. The van der Waals surface area contributed by atoms with Crippen LogP contribution < -0.4 is 11.1 Å². The third-order valence-electron chi connectivity index (χ3n) is 4.63. The topological polar surface area (TPSA) is 124 Å². The molecule has 0 saturated carbocycles. The van der Waals surface area contributed by atoms with Gasteiger partial charge in [-0.3, -0.25) is 19.9 Å². The maximum Gasteiger partial charge on any atom is 0.323 e. The zero-order valence-electron chi connectivity index (χ0n) is 14.5. The number of nitrogens with one attached hydrogen (secondary N) is 1. The van der Waals surface area contributed by atoms with Crippen molar-refractivity contribution in [2.45, 2.75) is 6.42 Å². The van der Waals surface area contributed by atoms with Crippen LogP contribution in [0.1, 0.15) is 15.9 Å². The minimum absolute atomic E-state index is 0.0414. The lowest BCUT2D eigenvalue weighted by Crippen LogP contribution is -2.31. The number of hydrogen-bond donors (Lipinski definition) is 2. The standard InChI is InChI=1S/C19H14FN5O3/c20-17-15(8-22-9-16(17)25(27)28)12-6-14(18(21)24-7-12)10-1-2-13-11(5-10)3-4-23-19(13)26/h1-2,5-9H,3-4H2,(H2,21,24)(H,23,26). The van der Waals surface area contributed by atoms with Crippen LogP contribution in [0.5, 0.6) is 0 Å². The highest BCUT2D eigenvalue weighted by molar-refractivity contribution is 5.97. The Morgan fingerprint density at radius 3 is 2.71 bits per heavy atom. The summed E-state index contributed by atoms with van der Waals surface area (Å²) in [5, 5.41) is 13.7. The summed E-state index contributed by atoms with van der Waals surface area (Å²) in [4.78, 5) is 29.9.